The zero-order chi connectivity index (χ0) is 22.6. The summed E-state index contributed by atoms with van der Waals surface area (Å²) in [5, 5.41) is -0.265. The van der Waals surface area contributed by atoms with Crippen LogP contribution in [0, 0.1) is 13.8 Å². The molecule has 0 aromatic heterocycles. The molecule has 160 valence electrons. The monoisotopic (exact) mass is 468 g/mol. The van der Waals surface area contributed by atoms with Gasteiger partial charge in [0.25, 0.3) is 0 Å². The highest BCUT2D eigenvalue weighted by molar-refractivity contribution is 6.42. The minimum absolute atomic E-state index is 0.0512. The zero-order valence-electron chi connectivity index (χ0n) is 14.5. The Morgan fingerprint density at radius 1 is 0.690 bits per heavy atom. The van der Waals surface area contributed by atoms with Crippen LogP contribution in [0.25, 0.3) is 11.1 Å². The first-order valence-electron chi connectivity index (χ1n) is 7.72. The third-order valence-corrected chi connectivity index (χ3v) is 4.98. The maximum Gasteiger partial charge on any atom is 0.457 e. The minimum atomic E-state index is -6.82. The van der Waals surface area contributed by atoms with Crippen molar-refractivity contribution in [3.63, 3.8) is 0 Å². The molecule has 1 atom stereocenters. The van der Waals surface area contributed by atoms with E-state index in [4.69, 9.17) is 23.2 Å². The van der Waals surface area contributed by atoms with Crippen molar-refractivity contribution < 1.29 is 39.5 Å². The molecule has 0 heterocycles. The van der Waals surface area contributed by atoms with Crippen molar-refractivity contribution in [1.29, 1.82) is 0 Å². The smallest absolute Gasteiger partial charge is 0.221 e. The van der Waals surface area contributed by atoms with Crippen molar-refractivity contribution in [2.45, 2.75) is 37.8 Å². The van der Waals surface area contributed by atoms with Crippen molar-refractivity contribution >= 4 is 23.2 Å². The highest BCUT2D eigenvalue weighted by atomic mass is 35.5. The lowest BCUT2D eigenvalue weighted by atomic mass is 9.80. The number of hydrogen-bond acceptors (Lipinski definition) is 0. The van der Waals surface area contributed by atoms with Crippen LogP contribution in [-0.4, -0.2) is 18.3 Å². The Morgan fingerprint density at radius 2 is 1.24 bits per heavy atom. The second-order valence-corrected chi connectivity index (χ2v) is 7.18. The highest BCUT2D eigenvalue weighted by Gasteiger charge is 2.82. The summed E-state index contributed by atoms with van der Waals surface area (Å²) >= 11 is 11.5. The van der Waals surface area contributed by atoms with Gasteiger partial charge in [-0.3, -0.25) is 0 Å². The molecular weight excluding hydrogens is 458 g/mol. The largest absolute Gasteiger partial charge is 0.457 e. The molecule has 11 heteroatoms. The summed E-state index contributed by atoms with van der Waals surface area (Å²) in [6, 6.07) is 4.62. The third-order valence-electron chi connectivity index (χ3n) is 4.24. The van der Waals surface area contributed by atoms with E-state index in [2.05, 4.69) is 0 Å². The predicted molar refractivity (Wildman–Crippen MR) is 91.2 cm³/mol. The lowest BCUT2D eigenvalue weighted by Gasteiger charge is -2.37. The standard InChI is InChI=1S/C18H11Cl2F9/c1-8-5-9(2)14(10-3-4-12(19)13(20)7-10)11(6-8)15(21,17(24,25)26)16(22,23)18(27,28)29/h3-7H,1-2H3. The van der Waals surface area contributed by atoms with Gasteiger partial charge in [-0.05, 0) is 42.7 Å². The fraction of sp³-hybridized carbons (Fsp3) is 0.333. The van der Waals surface area contributed by atoms with Gasteiger partial charge < -0.3 is 0 Å². The van der Waals surface area contributed by atoms with E-state index in [1.165, 1.54) is 6.07 Å². The lowest BCUT2D eigenvalue weighted by molar-refractivity contribution is -0.389. The Hall–Kier alpha value is -1.61. The fourth-order valence-electron chi connectivity index (χ4n) is 2.97. The van der Waals surface area contributed by atoms with E-state index in [1.54, 1.807) is 0 Å². The normalized spacial score (nSPS) is 15.3. The molecule has 29 heavy (non-hydrogen) atoms. The molecule has 2 aromatic carbocycles. The average Bonchev–Trinajstić information content (AvgIpc) is 2.54. The molecule has 0 aliphatic rings. The number of rotatable bonds is 3. The Labute approximate surface area is 169 Å². The van der Waals surface area contributed by atoms with E-state index in [-0.39, 0.29) is 26.7 Å². The van der Waals surface area contributed by atoms with E-state index < -0.39 is 35.1 Å². The second-order valence-electron chi connectivity index (χ2n) is 6.36. The molecule has 0 fully saturated rings. The summed E-state index contributed by atoms with van der Waals surface area (Å²) in [6.07, 6.45) is -13.4. The molecule has 0 radical (unpaired) electrons. The first-order chi connectivity index (χ1) is 12.9. The molecule has 0 saturated heterocycles. The van der Waals surface area contributed by atoms with Gasteiger partial charge >= 0.3 is 23.9 Å². The Bertz CT molecular complexity index is 932. The Balaban J connectivity index is 3.02. The van der Waals surface area contributed by atoms with Crippen LogP contribution in [0.4, 0.5) is 39.5 Å². The highest BCUT2D eigenvalue weighted by Crippen LogP contribution is 2.60. The van der Waals surface area contributed by atoms with Crippen LogP contribution >= 0.6 is 23.2 Å². The molecular formula is C18H11Cl2F9. The van der Waals surface area contributed by atoms with Crippen molar-refractivity contribution in [3.05, 3.63) is 57.1 Å². The molecule has 2 rings (SSSR count). The summed E-state index contributed by atoms with van der Waals surface area (Å²) in [5.74, 6) is -6.77. The van der Waals surface area contributed by atoms with Crippen molar-refractivity contribution in [2.75, 3.05) is 0 Å². The number of hydrogen-bond donors (Lipinski definition) is 0. The minimum Gasteiger partial charge on any atom is -0.221 e. The van der Waals surface area contributed by atoms with Crippen molar-refractivity contribution in [3.8, 4) is 11.1 Å². The van der Waals surface area contributed by atoms with E-state index in [9.17, 15) is 35.1 Å². The van der Waals surface area contributed by atoms with Crippen molar-refractivity contribution in [2.24, 2.45) is 0 Å². The second kappa shape index (κ2) is 7.27. The molecule has 0 aliphatic carbocycles. The predicted octanol–water partition coefficient (Wildman–Crippen LogP) is 8.20. The summed E-state index contributed by atoms with van der Waals surface area (Å²) in [5.41, 5.74) is -9.35. The van der Waals surface area contributed by atoms with Gasteiger partial charge in [-0.1, -0.05) is 47.0 Å². The van der Waals surface area contributed by atoms with Crippen LogP contribution < -0.4 is 0 Å². The van der Waals surface area contributed by atoms with Gasteiger partial charge in [-0.2, -0.15) is 35.1 Å². The van der Waals surface area contributed by atoms with Crippen LogP contribution in [0.15, 0.2) is 30.3 Å². The van der Waals surface area contributed by atoms with Crippen molar-refractivity contribution in [1.82, 2.24) is 0 Å². The topological polar surface area (TPSA) is 0 Å². The molecule has 1 unspecified atom stereocenters. The molecule has 0 spiro atoms. The van der Waals surface area contributed by atoms with E-state index in [0.29, 0.717) is 6.07 Å². The Morgan fingerprint density at radius 3 is 1.69 bits per heavy atom. The van der Waals surface area contributed by atoms with E-state index in [0.717, 1.165) is 32.0 Å². The zero-order valence-corrected chi connectivity index (χ0v) is 16.1. The van der Waals surface area contributed by atoms with Gasteiger partial charge in [0.2, 0.25) is 0 Å². The molecule has 0 N–H and O–H groups in total. The number of halogens is 11. The van der Waals surface area contributed by atoms with E-state index >= 15 is 4.39 Å². The number of benzene rings is 2. The van der Waals surface area contributed by atoms with Crippen LogP contribution in [-0.2, 0) is 5.67 Å². The molecule has 0 bridgehead atoms. The molecule has 0 saturated carbocycles. The third kappa shape index (κ3) is 3.79. The fourth-order valence-corrected chi connectivity index (χ4v) is 3.27. The summed E-state index contributed by atoms with van der Waals surface area (Å²) in [6.45, 7) is 2.29. The molecule has 0 amide bonds. The first kappa shape index (κ1) is 23.7. The van der Waals surface area contributed by atoms with E-state index in [1.807, 2.05) is 0 Å². The van der Waals surface area contributed by atoms with Gasteiger partial charge in [0, 0.05) is 5.56 Å². The van der Waals surface area contributed by atoms with Gasteiger partial charge in [0.05, 0.1) is 10.0 Å². The van der Waals surface area contributed by atoms with Gasteiger partial charge in [0.1, 0.15) is 0 Å². The van der Waals surface area contributed by atoms with Crippen LogP contribution in [0.2, 0.25) is 10.0 Å². The van der Waals surface area contributed by atoms with Crippen LogP contribution in [0.1, 0.15) is 16.7 Å². The number of alkyl halides is 9. The summed E-state index contributed by atoms with van der Waals surface area (Å²) in [7, 11) is 0. The van der Waals surface area contributed by atoms with Gasteiger partial charge in [-0.25, -0.2) is 4.39 Å². The molecule has 2 aromatic rings. The lowest BCUT2D eigenvalue weighted by Crippen LogP contribution is -2.60. The van der Waals surface area contributed by atoms with Crippen LogP contribution in [0.3, 0.4) is 0 Å². The van der Waals surface area contributed by atoms with Gasteiger partial charge in [0.15, 0.2) is 0 Å². The maximum atomic E-state index is 15.1. The van der Waals surface area contributed by atoms with Crippen LogP contribution in [0.5, 0.6) is 0 Å². The molecule has 0 aliphatic heterocycles. The maximum absolute atomic E-state index is 15.1. The van der Waals surface area contributed by atoms with Gasteiger partial charge in [-0.15, -0.1) is 0 Å². The quantitative estimate of drug-likeness (QED) is 0.398. The SMILES string of the molecule is Cc1cc(C)c(-c2ccc(Cl)c(Cl)c2)c(C(F)(C(F)(F)F)C(F)(F)C(F)(F)F)c1. The summed E-state index contributed by atoms with van der Waals surface area (Å²) < 4.78 is 122. The summed E-state index contributed by atoms with van der Waals surface area (Å²) in [4.78, 5) is 0. The first-order valence-corrected chi connectivity index (χ1v) is 8.48. The molecule has 0 nitrogen and oxygen atoms in total. The Kier molecular flexibility index (Phi) is 5.93. The average molecular weight is 469 g/mol. The number of aryl methyl sites for hydroxylation is 2.